The number of aromatic nitrogens is 2. The zero-order valence-corrected chi connectivity index (χ0v) is 9.97. The van der Waals surface area contributed by atoms with Crippen LogP contribution in [0.5, 0.6) is 5.75 Å². The lowest BCUT2D eigenvalue weighted by Crippen LogP contribution is -2.15. The van der Waals surface area contributed by atoms with Crippen LogP contribution >= 0.6 is 0 Å². The number of nitrogens with zero attached hydrogens (tertiary/aromatic N) is 2. The van der Waals surface area contributed by atoms with Crippen molar-refractivity contribution in [2.45, 2.75) is 13.1 Å². The minimum absolute atomic E-state index is 0.627. The Bertz CT molecular complexity index is 439. The number of para-hydroxylation sites is 1. The van der Waals surface area contributed by atoms with E-state index in [1.54, 1.807) is 0 Å². The zero-order chi connectivity index (χ0) is 11.9. The number of hydrogen-bond donors (Lipinski definition) is 1. The quantitative estimate of drug-likeness (QED) is 0.822. The second-order valence-corrected chi connectivity index (χ2v) is 3.74. The molecule has 4 heteroatoms. The van der Waals surface area contributed by atoms with E-state index in [2.05, 4.69) is 10.4 Å². The van der Waals surface area contributed by atoms with Gasteiger partial charge in [0.2, 0.25) is 0 Å². The second-order valence-electron chi connectivity index (χ2n) is 3.74. The molecule has 0 fully saturated rings. The van der Waals surface area contributed by atoms with Crippen LogP contribution < -0.4 is 10.1 Å². The predicted molar refractivity (Wildman–Crippen MR) is 66.9 cm³/mol. The highest BCUT2D eigenvalue weighted by atomic mass is 16.5. The Hall–Kier alpha value is -1.81. The molecule has 1 aromatic heterocycles. The van der Waals surface area contributed by atoms with Crippen molar-refractivity contribution >= 4 is 0 Å². The van der Waals surface area contributed by atoms with Gasteiger partial charge in [-0.25, -0.2) is 0 Å². The number of nitrogens with one attached hydrogen (secondary N) is 1. The highest BCUT2D eigenvalue weighted by Crippen LogP contribution is 2.08. The first-order valence-corrected chi connectivity index (χ1v) is 5.73. The summed E-state index contributed by atoms with van der Waals surface area (Å²) in [5.41, 5.74) is 1.17. The van der Waals surface area contributed by atoms with Gasteiger partial charge in [0.25, 0.3) is 0 Å². The van der Waals surface area contributed by atoms with Crippen molar-refractivity contribution in [1.82, 2.24) is 15.1 Å². The van der Waals surface area contributed by atoms with E-state index >= 15 is 0 Å². The first-order valence-electron chi connectivity index (χ1n) is 5.73. The topological polar surface area (TPSA) is 39.1 Å². The van der Waals surface area contributed by atoms with Gasteiger partial charge in [0, 0.05) is 12.7 Å². The fraction of sp³-hybridized carbons (Fsp3) is 0.308. The van der Waals surface area contributed by atoms with Gasteiger partial charge in [-0.05, 0) is 25.2 Å². The highest BCUT2D eigenvalue weighted by Gasteiger charge is 2.01. The molecule has 90 valence electrons. The van der Waals surface area contributed by atoms with Crippen LogP contribution in [0.15, 0.2) is 42.6 Å². The smallest absolute Gasteiger partial charge is 0.119 e. The number of benzene rings is 1. The molecule has 0 amide bonds. The summed E-state index contributed by atoms with van der Waals surface area (Å²) in [5, 5.41) is 7.38. The van der Waals surface area contributed by atoms with Gasteiger partial charge in [0.05, 0.1) is 12.2 Å². The van der Waals surface area contributed by atoms with Crippen molar-refractivity contribution in [2.24, 2.45) is 0 Å². The first-order chi connectivity index (χ1) is 8.40. The number of rotatable bonds is 6. The summed E-state index contributed by atoms with van der Waals surface area (Å²) in [6.07, 6.45) is 1.81. The average Bonchev–Trinajstić information content (AvgIpc) is 2.79. The summed E-state index contributed by atoms with van der Waals surface area (Å²) < 4.78 is 7.59. The molecule has 0 atom stereocenters. The molecule has 2 rings (SSSR count). The maximum Gasteiger partial charge on any atom is 0.119 e. The number of hydrogen-bond acceptors (Lipinski definition) is 3. The summed E-state index contributed by atoms with van der Waals surface area (Å²) >= 11 is 0. The van der Waals surface area contributed by atoms with Crippen LogP contribution in [0.3, 0.4) is 0 Å². The summed E-state index contributed by atoms with van der Waals surface area (Å²) in [7, 11) is 1.93. The van der Waals surface area contributed by atoms with Crippen molar-refractivity contribution in [3.05, 3.63) is 48.3 Å². The molecule has 0 radical (unpaired) electrons. The largest absolute Gasteiger partial charge is 0.492 e. The standard InChI is InChI=1S/C13H17N3O/c1-14-11-12-7-8-15-16(12)9-10-17-13-5-3-2-4-6-13/h2-8,14H,9-11H2,1H3. The van der Waals surface area contributed by atoms with Crippen LogP contribution in [0.4, 0.5) is 0 Å². The summed E-state index contributed by atoms with van der Waals surface area (Å²) in [4.78, 5) is 0. The Kier molecular flexibility index (Phi) is 4.16. The molecule has 0 bridgehead atoms. The van der Waals surface area contributed by atoms with E-state index in [0.717, 1.165) is 18.8 Å². The van der Waals surface area contributed by atoms with Crippen molar-refractivity contribution < 1.29 is 4.74 Å². The Labute approximate surface area is 101 Å². The molecule has 1 heterocycles. The monoisotopic (exact) mass is 231 g/mol. The lowest BCUT2D eigenvalue weighted by molar-refractivity contribution is 0.288. The van der Waals surface area contributed by atoms with Gasteiger partial charge in [0.1, 0.15) is 12.4 Å². The fourth-order valence-corrected chi connectivity index (χ4v) is 1.66. The molecule has 4 nitrogen and oxygen atoms in total. The highest BCUT2D eigenvalue weighted by molar-refractivity contribution is 5.20. The lowest BCUT2D eigenvalue weighted by Gasteiger charge is -2.08. The van der Waals surface area contributed by atoms with E-state index in [4.69, 9.17) is 4.74 Å². The van der Waals surface area contributed by atoms with E-state index in [9.17, 15) is 0 Å². The van der Waals surface area contributed by atoms with E-state index < -0.39 is 0 Å². The van der Waals surface area contributed by atoms with Crippen molar-refractivity contribution in [3.8, 4) is 5.75 Å². The molecule has 0 saturated heterocycles. The molecular weight excluding hydrogens is 214 g/mol. The molecule has 2 aromatic rings. The fourth-order valence-electron chi connectivity index (χ4n) is 1.66. The Balaban J connectivity index is 1.84. The first kappa shape index (κ1) is 11.7. The molecule has 0 aliphatic rings. The van der Waals surface area contributed by atoms with E-state index in [1.807, 2.05) is 54.3 Å². The second kappa shape index (κ2) is 6.06. The zero-order valence-electron chi connectivity index (χ0n) is 9.97. The molecule has 0 aliphatic carbocycles. The Morgan fingerprint density at radius 1 is 1.24 bits per heavy atom. The molecule has 0 aliphatic heterocycles. The maximum atomic E-state index is 5.63. The van der Waals surface area contributed by atoms with Crippen LogP contribution in [0.1, 0.15) is 5.69 Å². The maximum absolute atomic E-state index is 5.63. The van der Waals surface area contributed by atoms with Crippen LogP contribution in [0.2, 0.25) is 0 Å². The Morgan fingerprint density at radius 2 is 2.06 bits per heavy atom. The van der Waals surface area contributed by atoms with Gasteiger partial charge in [-0.1, -0.05) is 18.2 Å². The van der Waals surface area contributed by atoms with Gasteiger partial charge in [-0.3, -0.25) is 4.68 Å². The Morgan fingerprint density at radius 3 is 2.82 bits per heavy atom. The molecular formula is C13H17N3O. The third kappa shape index (κ3) is 3.32. The molecule has 1 N–H and O–H groups in total. The summed E-state index contributed by atoms with van der Waals surface area (Å²) in [6, 6.07) is 11.8. The van der Waals surface area contributed by atoms with Crippen LogP contribution in [-0.4, -0.2) is 23.4 Å². The van der Waals surface area contributed by atoms with Gasteiger partial charge in [0.15, 0.2) is 0 Å². The average molecular weight is 231 g/mol. The summed E-state index contributed by atoms with van der Waals surface area (Å²) in [6.45, 7) is 2.21. The predicted octanol–water partition coefficient (Wildman–Crippen LogP) is 1.68. The molecule has 0 unspecified atom stereocenters. The van der Waals surface area contributed by atoms with Crippen LogP contribution in [0.25, 0.3) is 0 Å². The summed E-state index contributed by atoms with van der Waals surface area (Å²) in [5.74, 6) is 0.898. The number of ether oxygens (including phenoxy) is 1. The minimum Gasteiger partial charge on any atom is -0.492 e. The van der Waals surface area contributed by atoms with E-state index in [1.165, 1.54) is 5.69 Å². The van der Waals surface area contributed by atoms with Crippen molar-refractivity contribution in [2.75, 3.05) is 13.7 Å². The third-order valence-electron chi connectivity index (χ3n) is 2.48. The molecule has 1 aromatic carbocycles. The van der Waals surface area contributed by atoms with Gasteiger partial charge in [-0.2, -0.15) is 5.10 Å². The third-order valence-corrected chi connectivity index (χ3v) is 2.48. The van der Waals surface area contributed by atoms with Crippen molar-refractivity contribution in [3.63, 3.8) is 0 Å². The van der Waals surface area contributed by atoms with Gasteiger partial charge < -0.3 is 10.1 Å². The molecule has 0 spiro atoms. The van der Waals surface area contributed by atoms with E-state index in [0.29, 0.717) is 6.61 Å². The van der Waals surface area contributed by atoms with Crippen LogP contribution in [-0.2, 0) is 13.1 Å². The lowest BCUT2D eigenvalue weighted by atomic mass is 10.3. The van der Waals surface area contributed by atoms with E-state index in [-0.39, 0.29) is 0 Å². The SMILES string of the molecule is CNCc1ccnn1CCOc1ccccc1. The van der Waals surface area contributed by atoms with Gasteiger partial charge >= 0.3 is 0 Å². The van der Waals surface area contributed by atoms with Crippen molar-refractivity contribution in [1.29, 1.82) is 0 Å². The normalized spacial score (nSPS) is 10.4. The van der Waals surface area contributed by atoms with Crippen LogP contribution in [0, 0.1) is 0 Å². The van der Waals surface area contributed by atoms with Gasteiger partial charge in [-0.15, -0.1) is 0 Å². The molecule has 0 saturated carbocycles. The molecule has 17 heavy (non-hydrogen) atoms. The minimum atomic E-state index is 0.627.